The van der Waals surface area contributed by atoms with E-state index in [-0.39, 0.29) is 24.8 Å². The van der Waals surface area contributed by atoms with Crippen molar-refractivity contribution in [2.24, 2.45) is 11.8 Å². The highest BCUT2D eigenvalue weighted by Crippen LogP contribution is 2.21. The fraction of sp³-hybridized carbons (Fsp3) is 0.520. The van der Waals surface area contributed by atoms with Crippen molar-refractivity contribution in [2.45, 2.75) is 39.5 Å². The maximum absolute atomic E-state index is 12.3. The molecule has 2 aromatic carbocycles. The number of amides is 2. The second kappa shape index (κ2) is 11.1. The number of carbonyl (C=O) groups is 2. The van der Waals surface area contributed by atoms with Gasteiger partial charge in [0.15, 0.2) is 0 Å². The summed E-state index contributed by atoms with van der Waals surface area (Å²) in [4.78, 5) is 26.8. The molecule has 0 aromatic heterocycles. The predicted molar refractivity (Wildman–Crippen MR) is 122 cm³/mol. The van der Waals surface area contributed by atoms with Crippen molar-refractivity contribution in [3.8, 4) is 0 Å². The molecule has 162 valence electrons. The first-order chi connectivity index (χ1) is 14.5. The molecule has 0 aliphatic carbocycles. The number of unbranched alkanes of at least 4 members (excludes halogenated alkanes) is 1. The zero-order valence-electron chi connectivity index (χ0n) is 18.3. The van der Waals surface area contributed by atoms with Crippen LogP contribution in [0.3, 0.4) is 0 Å². The SMILES string of the molecule is CC1CC(C)CN(CCCCNC(=O)CNC(=O)Cc2cccc3ccccc23)C1. The van der Waals surface area contributed by atoms with Crippen molar-refractivity contribution >= 4 is 22.6 Å². The number of fused-ring (bicyclic) bond motifs is 1. The Morgan fingerprint density at radius 3 is 2.47 bits per heavy atom. The summed E-state index contributed by atoms with van der Waals surface area (Å²) in [5.41, 5.74) is 0.979. The van der Waals surface area contributed by atoms with Gasteiger partial charge in [0.1, 0.15) is 0 Å². The smallest absolute Gasteiger partial charge is 0.239 e. The number of carbonyl (C=O) groups excluding carboxylic acids is 2. The minimum Gasteiger partial charge on any atom is -0.355 e. The number of rotatable bonds is 9. The van der Waals surface area contributed by atoms with Gasteiger partial charge in [0.2, 0.25) is 11.8 Å². The summed E-state index contributed by atoms with van der Waals surface area (Å²) in [6, 6.07) is 14.0. The van der Waals surface area contributed by atoms with Crippen LogP contribution in [0.5, 0.6) is 0 Å². The van der Waals surface area contributed by atoms with Crippen molar-refractivity contribution in [3.63, 3.8) is 0 Å². The van der Waals surface area contributed by atoms with Crippen LogP contribution in [0.4, 0.5) is 0 Å². The second-order valence-corrected chi connectivity index (χ2v) is 8.85. The van der Waals surface area contributed by atoms with Crippen LogP contribution in [-0.2, 0) is 16.0 Å². The van der Waals surface area contributed by atoms with Gasteiger partial charge in [-0.05, 0) is 54.0 Å². The Morgan fingerprint density at radius 2 is 1.67 bits per heavy atom. The van der Waals surface area contributed by atoms with Crippen LogP contribution in [0, 0.1) is 11.8 Å². The lowest BCUT2D eigenvalue weighted by Gasteiger charge is -2.34. The van der Waals surface area contributed by atoms with E-state index in [1.54, 1.807) is 0 Å². The largest absolute Gasteiger partial charge is 0.355 e. The van der Waals surface area contributed by atoms with Gasteiger partial charge >= 0.3 is 0 Å². The van der Waals surface area contributed by atoms with E-state index in [0.29, 0.717) is 6.54 Å². The highest BCUT2D eigenvalue weighted by molar-refractivity contribution is 5.91. The number of piperidine rings is 1. The molecule has 2 unspecified atom stereocenters. The Balaban J connectivity index is 1.30. The van der Waals surface area contributed by atoms with Crippen LogP contribution >= 0.6 is 0 Å². The topological polar surface area (TPSA) is 61.4 Å². The minimum atomic E-state index is -0.130. The van der Waals surface area contributed by atoms with E-state index in [1.165, 1.54) is 19.5 Å². The van der Waals surface area contributed by atoms with Gasteiger partial charge in [0, 0.05) is 19.6 Å². The van der Waals surface area contributed by atoms with Crippen LogP contribution in [-0.4, -0.2) is 49.4 Å². The van der Waals surface area contributed by atoms with E-state index in [0.717, 1.165) is 47.6 Å². The number of hydrogen-bond donors (Lipinski definition) is 2. The lowest BCUT2D eigenvalue weighted by atomic mass is 9.92. The van der Waals surface area contributed by atoms with Crippen molar-refractivity contribution in [2.75, 3.05) is 32.7 Å². The molecule has 2 atom stereocenters. The molecule has 1 saturated heterocycles. The molecule has 0 radical (unpaired) electrons. The molecule has 0 bridgehead atoms. The monoisotopic (exact) mass is 409 g/mol. The molecule has 5 nitrogen and oxygen atoms in total. The van der Waals surface area contributed by atoms with E-state index < -0.39 is 0 Å². The number of likely N-dealkylation sites (tertiary alicyclic amines) is 1. The molecule has 1 fully saturated rings. The summed E-state index contributed by atoms with van der Waals surface area (Å²) in [7, 11) is 0. The summed E-state index contributed by atoms with van der Waals surface area (Å²) in [5, 5.41) is 7.85. The van der Waals surface area contributed by atoms with Gasteiger partial charge in [-0.25, -0.2) is 0 Å². The van der Waals surface area contributed by atoms with Gasteiger partial charge in [-0.1, -0.05) is 56.3 Å². The predicted octanol–water partition coefficient (Wildman–Crippen LogP) is 3.37. The van der Waals surface area contributed by atoms with Gasteiger partial charge in [0.05, 0.1) is 13.0 Å². The van der Waals surface area contributed by atoms with Crippen molar-refractivity contribution < 1.29 is 9.59 Å². The molecule has 5 heteroatoms. The second-order valence-electron chi connectivity index (χ2n) is 8.85. The normalized spacial score (nSPS) is 19.5. The molecule has 3 rings (SSSR count). The summed E-state index contributed by atoms with van der Waals surface area (Å²) >= 11 is 0. The van der Waals surface area contributed by atoms with E-state index in [1.807, 2.05) is 42.5 Å². The van der Waals surface area contributed by atoms with E-state index in [2.05, 4.69) is 29.4 Å². The molecule has 0 spiro atoms. The third-order valence-electron chi connectivity index (χ3n) is 5.84. The van der Waals surface area contributed by atoms with Crippen LogP contribution in [0.1, 0.15) is 38.7 Å². The number of nitrogens with one attached hydrogen (secondary N) is 2. The van der Waals surface area contributed by atoms with E-state index in [9.17, 15) is 9.59 Å². The molecule has 1 heterocycles. The maximum Gasteiger partial charge on any atom is 0.239 e. The zero-order valence-corrected chi connectivity index (χ0v) is 18.3. The average Bonchev–Trinajstić information content (AvgIpc) is 2.71. The third kappa shape index (κ3) is 6.84. The molecular weight excluding hydrogens is 374 g/mol. The van der Waals surface area contributed by atoms with Gasteiger partial charge in [-0.3, -0.25) is 9.59 Å². The van der Waals surface area contributed by atoms with Crippen molar-refractivity contribution in [3.05, 3.63) is 48.0 Å². The molecular formula is C25H35N3O2. The first-order valence-corrected chi connectivity index (χ1v) is 11.2. The number of hydrogen-bond acceptors (Lipinski definition) is 3. The van der Waals surface area contributed by atoms with E-state index in [4.69, 9.17) is 0 Å². The Kier molecular flexibility index (Phi) is 8.26. The van der Waals surface area contributed by atoms with Gasteiger partial charge in [0.25, 0.3) is 0 Å². The van der Waals surface area contributed by atoms with Crippen LogP contribution in [0.15, 0.2) is 42.5 Å². The Labute approximate surface area is 180 Å². The summed E-state index contributed by atoms with van der Waals surface area (Å²) < 4.78 is 0. The lowest BCUT2D eigenvalue weighted by molar-refractivity contribution is -0.125. The zero-order chi connectivity index (χ0) is 21.3. The number of benzene rings is 2. The molecule has 1 aliphatic heterocycles. The highest BCUT2D eigenvalue weighted by atomic mass is 16.2. The summed E-state index contributed by atoms with van der Waals surface area (Å²) in [5.74, 6) is 1.31. The molecule has 2 aromatic rings. The number of nitrogens with zero attached hydrogens (tertiary/aromatic N) is 1. The summed E-state index contributed by atoms with van der Waals surface area (Å²) in [6.45, 7) is 8.85. The first-order valence-electron chi connectivity index (χ1n) is 11.2. The minimum absolute atomic E-state index is 0.0325. The Bertz CT molecular complexity index is 836. The maximum atomic E-state index is 12.3. The van der Waals surface area contributed by atoms with Gasteiger partial charge in [-0.15, -0.1) is 0 Å². The molecule has 0 saturated carbocycles. The fourth-order valence-electron chi connectivity index (χ4n) is 4.59. The van der Waals surface area contributed by atoms with Gasteiger partial charge < -0.3 is 15.5 Å². The quantitative estimate of drug-likeness (QED) is 0.624. The van der Waals surface area contributed by atoms with Crippen molar-refractivity contribution in [1.82, 2.24) is 15.5 Å². The molecule has 30 heavy (non-hydrogen) atoms. The van der Waals surface area contributed by atoms with Crippen molar-refractivity contribution in [1.29, 1.82) is 0 Å². The summed E-state index contributed by atoms with van der Waals surface area (Å²) in [6.07, 6.45) is 3.67. The molecule has 2 amide bonds. The van der Waals surface area contributed by atoms with Crippen LogP contribution in [0.25, 0.3) is 10.8 Å². The van der Waals surface area contributed by atoms with Crippen LogP contribution < -0.4 is 10.6 Å². The average molecular weight is 410 g/mol. The Morgan fingerprint density at radius 1 is 0.933 bits per heavy atom. The van der Waals surface area contributed by atoms with E-state index >= 15 is 0 Å². The highest BCUT2D eigenvalue weighted by Gasteiger charge is 2.20. The first kappa shape index (κ1) is 22.3. The standard InChI is InChI=1S/C25H35N3O2/c1-19-14-20(2)18-28(17-19)13-6-5-12-26-25(30)16-27-24(29)15-22-10-7-9-21-8-3-4-11-23(21)22/h3-4,7-11,19-20H,5-6,12-18H2,1-2H3,(H,26,30)(H,27,29). The molecule has 1 aliphatic rings. The molecule has 2 N–H and O–H groups in total. The lowest BCUT2D eigenvalue weighted by Crippen LogP contribution is -2.40. The van der Waals surface area contributed by atoms with Crippen LogP contribution in [0.2, 0.25) is 0 Å². The third-order valence-corrected chi connectivity index (χ3v) is 5.84. The van der Waals surface area contributed by atoms with Gasteiger partial charge in [-0.2, -0.15) is 0 Å². The fourth-order valence-corrected chi connectivity index (χ4v) is 4.59. The Hall–Kier alpha value is -2.40.